The molecule has 0 amide bonds. The highest BCUT2D eigenvalue weighted by atomic mass is 35.5. The summed E-state index contributed by atoms with van der Waals surface area (Å²) in [5.41, 5.74) is 2.38. The van der Waals surface area contributed by atoms with Gasteiger partial charge in [-0.25, -0.2) is 0 Å². The smallest absolute Gasteiger partial charge is 0.306 e. The number of aryl methyl sites for hydroxylation is 1. The van der Waals surface area contributed by atoms with E-state index in [0.29, 0.717) is 16.4 Å². The van der Waals surface area contributed by atoms with Crippen molar-refractivity contribution >= 4 is 23.4 Å². The van der Waals surface area contributed by atoms with Crippen LogP contribution in [0, 0.1) is 6.92 Å². The summed E-state index contributed by atoms with van der Waals surface area (Å²) in [6.07, 6.45) is 0.0268. The van der Waals surface area contributed by atoms with Gasteiger partial charge in [0.05, 0.1) is 6.42 Å². The summed E-state index contributed by atoms with van der Waals surface area (Å²) in [7, 11) is 0. The fraction of sp³-hybridized carbons (Fsp3) is 0.200. The summed E-state index contributed by atoms with van der Waals surface area (Å²) in [6, 6.07) is 14.2. The number of rotatable bonds is 7. The molecule has 3 aromatic rings. The van der Waals surface area contributed by atoms with E-state index < -0.39 is 5.97 Å². The number of benzene rings is 2. The van der Waals surface area contributed by atoms with Crippen LogP contribution >= 0.6 is 11.6 Å². The normalized spacial score (nSPS) is 10.6. The Labute approximate surface area is 161 Å². The first-order valence-electron chi connectivity index (χ1n) is 8.36. The fourth-order valence-electron chi connectivity index (χ4n) is 2.46. The van der Waals surface area contributed by atoms with Gasteiger partial charge in [-0.05, 0) is 36.8 Å². The molecule has 0 aliphatic rings. The highest BCUT2D eigenvalue weighted by Gasteiger charge is 2.14. The highest BCUT2D eigenvalue weighted by molar-refractivity contribution is 6.30. The number of ether oxygens (including phenoxy) is 1. The number of esters is 1. The fourth-order valence-corrected chi connectivity index (χ4v) is 2.58. The highest BCUT2D eigenvalue weighted by Crippen LogP contribution is 2.20. The Kier molecular flexibility index (Phi) is 5.98. The topological polar surface area (TPSA) is 82.3 Å². The van der Waals surface area contributed by atoms with E-state index in [1.54, 1.807) is 24.3 Å². The van der Waals surface area contributed by atoms with Crippen LogP contribution in [0.5, 0.6) is 0 Å². The van der Waals surface area contributed by atoms with Crippen LogP contribution in [0.2, 0.25) is 5.02 Å². The van der Waals surface area contributed by atoms with E-state index in [-0.39, 0.29) is 31.1 Å². The molecule has 6 nitrogen and oxygen atoms in total. The Hall–Kier alpha value is -2.99. The van der Waals surface area contributed by atoms with E-state index in [1.165, 1.54) is 0 Å². The molecule has 2 aromatic carbocycles. The zero-order chi connectivity index (χ0) is 19.2. The standard InChI is InChI=1S/C20H17ClN2O4/c1-13-4-2-3-5-16(13)20-22-18(27-23-20)12-26-19(25)11-10-17(24)14-6-8-15(21)9-7-14/h2-9H,10-12H2,1H3. The average molecular weight is 385 g/mol. The van der Waals surface area contributed by atoms with Crippen LogP contribution in [0.15, 0.2) is 53.1 Å². The maximum atomic E-state index is 12.0. The molecule has 0 fully saturated rings. The molecule has 27 heavy (non-hydrogen) atoms. The molecule has 1 aromatic heterocycles. The third-order valence-corrected chi connectivity index (χ3v) is 4.19. The third kappa shape index (κ3) is 5.01. The maximum Gasteiger partial charge on any atom is 0.306 e. The zero-order valence-electron chi connectivity index (χ0n) is 14.6. The van der Waals surface area contributed by atoms with Gasteiger partial charge in [-0.3, -0.25) is 9.59 Å². The van der Waals surface area contributed by atoms with Crippen LogP contribution < -0.4 is 0 Å². The van der Waals surface area contributed by atoms with Crippen molar-refractivity contribution in [2.24, 2.45) is 0 Å². The molecule has 0 aliphatic carbocycles. The molecule has 1 heterocycles. The molecule has 0 saturated heterocycles. The number of aromatic nitrogens is 2. The van der Waals surface area contributed by atoms with Crippen molar-refractivity contribution in [1.82, 2.24) is 10.1 Å². The van der Waals surface area contributed by atoms with Gasteiger partial charge in [-0.15, -0.1) is 0 Å². The van der Waals surface area contributed by atoms with Crippen LogP contribution in [-0.2, 0) is 16.1 Å². The minimum absolute atomic E-state index is 0.0275. The first-order chi connectivity index (χ1) is 13.0. The summed E-state index contributed by atoms with van der Waals surface area (Å²) in [5.74, 6) is -0.0149. The lowest BCUT2D eigenvalue weighted by Gasteiger charge is -2.02. The molecular weight excluding hydrogens is 368 g/mol. The summed E-state index contributed by atoms with van der Waals surface area (Å²) in [6.45, 7) is 1.82. The van der Waals surface area contributed by atoms with Gasteiger partial charge < -0.3 is 9.26 Å². The van der Waals surface area contributed by atoms with Gasteiger partial charge in [0.2, 0.25) is 5.82 Å². The number of hydrogen-bond donors (Lipinski definition) is 0. The molecule has 0 saturated carbocycles. The molecule has 0 spiro atoms. The van der Waals surface area contributed by atoms with Crippen LogP contribution in [0.3, 0.4) is 0 Å². The van der Waals surface area contributed by atoms with Crippen molar-refractivity contribution in [2.75, 3.05) is 0 Å². The molecule has 0 bridgehead atoms. The molecule has 138 valence electrons. The van der Waals surface area contributed by atoms with Crippen molar-refractivity contribution in [3.8, 4) is 11.4 Å². The molecule has 0 radical (unpaired) electrons. The van der Waals surface area contributed by atoms with Crippen molar-refractivity contribution < 1.29 is 18.8 Å². The number of Topliss-reactive ketones (excluding diaryl/α,β-unsaturated/α-hetero) is 1. The van der Waals surface area contributed by atoms with Crippen molar-refractivity contribution in [3.05, 3.63) is 70.6 Å². The van der Waals surface area contributed by atoms with Crippen molar-refractivity contribution in [1.29, 1.82) is 0 Å². The minimum Gasteiger partial charge on any atom is -0.456 e. The predicted octanol–water partition coefficient (Wildman–Crippen LogP) is 4.40. The summed E-state index contributed by atoms with van der Waals surface area (Å²) in [4.78, 5) is 28.1. The van der Waals surface area contributed by atoms with Crippen LogP contribution in [0.4, 0.5) is 0 Å². The Morgan fingerprint density at radius 3 is 2.56 bits per heavy atom. The first-order valence-corrected chi connectivity index (χ1v) is 8.73. The van der Waals surface area contributed by atoms with Crippen LogP contribution in [0.1, 0.15) is 34.7 Å². The van der Waals surface area contributed by atoms with Crippen LogP contribution in [-0.4, -0.2) is 21.9 Å². The largest absolute Gasteiger partial charge is 0.456 e. The maximum absolute atomic E-state index is 12.0. The van der Waals surface area contributed by atoms with Crippen molar-refractivity contribution in [3.63, 3.8) is 0 Å². The number of nitrogens with zero attached hydrogens (tertiary/aromatic N) is 2. The SMILES string of the molecule is Cc1ccccc1-c1noc(COC(=O)CCC(=O)c2ccc(Cl)cc2)n1. The predicted molar refractivity (Wildman–Crippen MR) is 99.3 cm³/mol. The lowest BCUT2D eigenvalue weighted by Crippen LogP contribution is -2.08. The van der Waals surface area contributed by atoms with Gasteiger partial charge in [-0.2, -0.15) is 4.98 Å². The molecule has 0 N–H and O–H groups in total. The van der Waals surface area contributed by atoms with Crippen molar-refractivity contribution in [2.45, 2.75) is 26.4 Å². The molecule has 0 unspecified atom stereocenters. The van der Waals surface area contributed by atoms with E-state index in [9.17, 15) is 9.59 Å². The van der Waals surface area contributed by atoms with E-state index >= 15 is 0 Å². The molecular formula is C20H17ClN2O4. The summed E-state index contributed by atoms with van der Waals surface area (Å²) in [5, 5.41) is 4.46. The molecule has 0 atom stereocenters. The minimum atomic E-state index is -0.507. The summed E-state index contributed by atoms with van der Waals surface area (Å²) >= 11 is 5.79. The molecule has 3 rings (SSSR count). The lowest BCUT2D eigenvalue weighted by molar-refractivity contribution is -0.145. The quantitative estimate of drug-likeness (QED) is 0.443. The number of ketones is 1. The van der Waals surface area contributed by atoms with Gasteiger partial charge in [0.25, 0.3) is 5.89 Å². The molecule has 7 heteroatoms. The van der Waals surface area contributed by atoms with Gasteiger partial charge in [0.1, 0.15) is 0 Å². The number of hydrogen-bond acceptors (Lipinski definition) is 6. The van der Waals surface area contributed by atoms with E-state index in [2.05, 4.69) is 10.1 Å². The number of carbonyl (C=O) groups is 2. The van der Waals surface area contributed by atoms with Gasteiger partial charge in [0, 0.05) is 22.6 Å². The monoisotopic (exact) mass is 384 g/mol. The first kappa shape index (κ1) is 18.8. The zero-order valence-corrected chi connectivity index (χ0v) is 15.4. The van der Waals surface area contributed by atoms with E-state index in [0.717, 1.165) is 11.1 Å². The number of carbonyl (C=O) groups excluding carboxylic acids is 2. The van der Waals surface area contributed by atoms with Gasteiger partial charge in [-0.1, -0.05) is 41.0 Å². The van der Waals surface area contributed by atoms with Gasteiger partial charge in [0.15, 0.2) is 12.4 Å². The lowest BCUT2D eigenvalue weighted by atomic mass is 10.1. The Balaban J connectivity index is 1.49. The molecule has 0 aliphatic heterocycles. The average Bonchev–Trinajstić information content (AvgIpc) is 3.14. The Morgan fingerprint density at radius 1 is 1.07 bits per heavy atom. The Morgan fingerprint density at radius 2 is 1.81 bits per heavy atom. The van der Waals surface area contributed by atoms with Gasteiger partial charge >= 0.3 is 5.97 Å². The Bertz CT molecular complexity index is 951. The second-order valence-corrected chi connectivity index (χ2v) is 6.35. The van der Waals surface area contributed by atoms with E-state index in [1.807, 2.05) is 31.2 Å². The second-order valence-electron chi connectivity index (χ2n) is 5.92. The third-order valence-electron chi connectivity index (χ3n) is 3.93. The van der Waals surface area contributed by atoms with Crippen LogP contribution in [0.25, 0.3) is 11.4 Å². The summed E-state index contributed by atoms with van der Waals surface area (Å²) < 4.78 is 10.2. The number of halogens is 1. The van der Waals surface area contributed by atoms with E-state index in [4.69, 9.17) is 20.9 Å². The second kappa shape index (κ2) is 8.60.